The van der Waals surface area contributed by atoms with Crippen LogP contribution in [0.25, 0.3) is 0 Å². The molecule has 0 saturated heterocycles. The number of anilines is 1. The summed E-state index contributed by atoms with van der Waals surface area (Å²) in [4.78, 5) is 6.18. The van der Waals surface area contributed by atoms with Crippen LogP contribution >= 0.6 is 0 Å². The summed E-state index contributed by atoms with van der Waals surface area (Å²) in [5.74, 6) is 1.80. The third-order valence-electron chi connectivity index (χ3n) is 1.72. The first-order chi connectivity index (χ1) is 5.65. The summed E-state index contributed by atoms with van der Waals surface area (Å²) >= 11 is 0. The summed E-state index contributed by atoms with van der Waals surface area (Å²) < 4.78 is 5.17. The number of aryl methyl sites for hydroxylation is 1. The third kappa shape index (κ3) is 1.67. The highest BCUT2D eigenvalue weighted by Gasteiger charge is 2.01. The topological polar surface area (TPSA) is 25.4 Å². The number of rotatable bonds is 2. The molecule has 0 amide bonds. The van der Waals surface area contributed by atoms with Crippen LogP contribution in [0.5, 0.6) is 5.75 Å². The van der Waals surface area contributed by atoms with Gasteiger partial charge < -0.3 is 9.64 Å². The molecule has 66 valence electrons. The van der Waals surface area contributed by atoms with Gasteiger partial charge in [-0.2, -0.15) is 0 Å². The Labute approximate surface area is 73.0 Å². The molecule has 0 aliphatic carbocycles. The van der Waals surface area contributed by atoms with Gasteiger partial charge in [0.05, 0.1) is 7.11 Å². The number of nitrogens with zero attached hydrogens (tertiary/aromatic N) is 2. The average molecular weight is 166 g/mol. The van der Waals surface area contributed by atoms with Crippen LogP contribution in [0.15, 0.2) is 12.3 Å². The highest BCUT2D eigenvalue weighted by Crippen LogP contribution is 2.20. The third-order valence-corrected chi connectivity index (χ3v) is 1.72. The molecule has 0 bridgehead atoms. The van der Waals surface area contributed by atoms with E-state index in [-0.39, 0.29) is 0 Å². The van der Waals surface area contributed by atoms with Crippen molar-refractivity contribution in [3.63, 3.8) is 0 Å². The fourth-order valence-electron chi connectivity index (χ4n) is 0.959. The molecule has 1 aromatic heterocycles. The number of ether oxygens (including phenoxy) is 1. The Morgan fingerprint density at radius 1 is 1.42 bits per heavy atom. The second kappa shape index (κ2) is 3.43. The fourth-order valence-corrected chi connectivity index (χ4v) is 0.959. The van der Waals surface area contributed by atoms with Crippen molar-refractivity contribution in [3.8, 4) is 5.75 Å². The van der Waals surface area contributed by atoms with Crippen molar-refractivity contribution >= 4 is 5.82 Å². The van der Waals surface area contributed by atoms with E-state index in [1.807, 2.05) is 38.2 Å². The molecule has 0 radical (unpaired) electrons. The van der Waals surface area contributed by atoms with Crippen LogP contribution in [-0.2, 0) is 0 Å². The van der Waals surface area contributed by atoms with Gasteiger partial charge >= 0.3 is 0 Å². The molecule has 1 heterocycles. The standard InChI is InChI=1S/C9H14N2O/c1-7-6-10-9(11(2)3)5-8(7)12-4/h5-6H,1-4H3. The first-order valence-electron chi connectivity index (χ1n) is 3.83. The highest BCUT2D eigenvalue weighted by atomic mass is 16.5. The fraction of sp³-hybridized carbons (Fsp3) is 0.444. The second-order valence-corrected chi connectivity index (χ2v) is 2.91. The maximum absolute atomic E-state index is 5.17. The van der Waals surface area contributed by atoms with Crippen LogP contribution in [0.1, 0.15) is 5.56 Å². The molecular weight excluding hydrogens is 152 g/mol. The lowest BCUT2D eigenvalue weighted by Gasteiger charge is -2.12. The van der Waals surface area contributed by atoms with E-state index in [0.29, 0.717) is 0 Å². The Kier molecular flexibility index (Phi) is 2.53. The molecule has 0 unspecified atom stereocenters. The van der Waals surface area contributed by atoms with E-state index < -0.39 is 0 Å². The van der Waals surface area contributed by atoms with Gasteiger partial charge in [0.1, 0.15) is 11.6 Å². The van der Waals surface area contributed by atoms with Crippen LogP contribution < -0.4 is 9.64 Å². The minimum Gasteiger partial charge on any atom is -0.496 e. The number of hydrogen-bond donors (Lipinski definition) is 0. The van der Waals surface area contributed by atoms with Crippen molar-refractivity contribution < 1.29 is 4.74 Å². The molecule has 1 rings (SSSR count). The van der Waals surface area contributed by atoms with Crippen LogP contribution in [0.4, 0.5) is 5.82 Å². The molecule has 0 spiro atoms. The first-order valence-corrected chi connectivity index (χ1v) is 3.83. The van der Waals surface area contributed by atoms with Crippen molar-refractivity contribution in [2.75, 3.05) is 26.1 Å². The van der Waals surface area contributed by atoms with Gasteiger partial charge in [0, 0.05) is 31.9 Å². The van der Waals surface area contributed by atoms with Gasteiger partial charge in [0.15, 0.2) is 0 Å². The lowest BCUT2D eigenvalue weighted by atomic mass is 10.3. The lowest BCUT2D eigenvalue weighted by molar-refractivity contribution is 0.411. The summed E-state index contributed by atoms with van der Waals surface area (Å²) in [6, 6.07) is 1.93. The Morgan fingerprint density at radius 2 is 2.08 bits per heavy atom. The number of aromatic nitrogens is 1. The molecule has 0 aliphatic heterocycles. The molecule has 0 atom stereocenters. The number of pyridine rings is 1. The highest BCUT2D eigenvalue weighted by molar-refractivity contribution is 5.45. The van der Waals surface area contributed by atoms with Gasteiger partial charge in [0.25, 0.3) is 0 Å². The molecule has 1 aromatic rings. The van der Waals surface area contributed by atoms with Crippen molar-refractivity contribution in [1.29, 1.82) is 0 Å². The SMILES string of the molecule is COc1cc(N(C)C)ncc1C. The average Bonchev–Trinajstić information content (AvgIpc) is 2.05. The summed E-state index contributed by atoms with van der Waals surface area (Å²) in [6.07, 6.45) is 1.81. The minimum absolute atomic E-state index is 0.883. The summed E-state index contributed by atoms with van der Waals surface area (Å²) in [7, 11) is 5.58. The van der Waals surface area contributed by atoms with Crippen LogP contribution in [-0.4, -0.2) is 26.2 Å². The largest absolute Gasteiger partial charge is 0.496 e. The summed E-state index contributed by atoms with van der Waals surface area (Å²) in [6.45, 7) is 1.98. The molecule has 0 fully saturated rings. The van der Waals surface area contributed by atoms with Crippen molar-refractivity contribution in [2.24, 2.45) is 0 Å². The van der Waals surface area contributed by atoms with Gasteiger partial charge in [-0.05, 0) is 6.92 Å². The van der Waals surface area contributed by atoms with Gasteiger partial charge in [-0.15, -0.1) is 0 Å². The zero-order chi connectivity index (χ0) is 9.14. The van der Waals surface area contributed by atoms with E-state index >= 15 is 0 Å². The zero-order valence-corrected chi connectivity index (χ0v) is 7.96. The Balaban J connectivity index is 3.05. The molecule has 12 heavy (non-hydrogen) atoms. The van der Waals surface area contributed by atoms with Gasteiger partial charge in [-0.25, -0.2) is 4.98 Å². The molecule has 0 aliphatic rings. The number of methoxy groups -OCH3 is 1. The maximum Gasteiger partial charge on any atom is 0.131 e. The smallest absolute Gasteiger partial charge is 0.131 e. The van der Waals surface area contributed by atoms with E-state index in [9.17, 15) is 0 Å². The monoisotopic (exact) mass is 166 g/mol. The normalized spacial score (nSPS) is 9.67. The summed E-state index contributed by atoms with van der Waals surface area (Å²) in [5.41, 5.74) is 1.06. The van der Waals surface area contributed by atoms with Crippen LogP contribution in [0.3, 0.4) is 0 Å². The Bertz CT molecular complexity index is 271. The quantitative estimate of drug-likeness (QED) is 0.665. The number of hydrogen-bond acceptors (Lipinski definition) is 3. The van der Waals surface area contributed by atoms with Crippen LogP contribution in [0.2, 0.25) is 0 Å². The van der Waals surface area contributed by atoms with Gasteiger partial charge in [-0.3, -0.25) is 0 Å². The molecule has 0 saturated carbocycles. The maximum atomic E-state index is 5.17. The second-order valence-electron chi connectivity index (χ2n) is 2.91. The van der Waals surface area contributed by atoms with Gasteiger partial charge in [0.2, 0.25) is 0 Å². The van der Waals surface area contributed by atoms with E-state index in [1.165, 1.54) is 0 Å². The van der Waals surface area contributed by atoms with E-state index in [4.69, 9.17) is 4.74 Å². The molecule has 3 heteroatoms. The van der Waals surface area contributed by atoms with E-state index in [2.05, 4.69) is 4.98 Å². The van der Waals surface area contributed by atoms with E-state index in [0.717, 1.165) is 17.1 Å². The van der Waals surface area contributed by atoms with Crippen molar-refractivity contribution in [1.82, 2.24) is 4.98 Å². The van der Waals surface area contributed by atoms with Crippen molar-refractivity contribution in [2.45, 2.75) is 6.92 Å². The predicted octanol–water partition coefficient (Wildman–Crippen LogP) is 1.46. The molecule has 3 nitrogen and oxygen atoms in total. The Morgan fingerprint density at radius 3 is 2.58 bits per heavy atom. The summed E-state index contributed by atoms with van der Waals surface area (Å²) in [5, 5.41) is 0. The lowest BCUT2D eigenvalue weighted by Crippen LogP contribution is -2.10. The first kappa shape index (κ1) is 8.84. The minimum atomic E-state index is 0.883. The van der Waals surface area contributed by atoms with Gasteiger partial charge in [-0.1, -0.05) is 0 Å². The Hall–Kier alpha value is -1.25. The van der Waals surface area contributed by atoms with E-state index in [1.54, 1.807) is 7.11 Å². The molecular formula is C9H14N2O. The predicted molar refractivity (Wildman–Crippen MR) is 49.9 cm³/mol. The molecule has 0 aromatic carbocycles. The zero-order valence-electron chi connectivity index (χ0n) is 7.96. The van der Waals surface area contributed by atoms with Crippen LogP contribution in [0, 0.1) is 6.92 Å². The molecule has 0 N–H and O–H groups in total. The van der Waals surface area contributed by atoms with Crippen molar-refractivity contribution in [3.05, 3.63) is 17.8 Å².